The first-order valence-corrected chi connectivity index (χ1v) is 10.7. The van der Waals surface area contributed by atoms with Crippen molar-refractivity contribution in [1.82, 2.24) is 9.21 Å². The second-order valence-electron chi connectivity index (χ2n) is 6.78. The van der Waals surface area contributed by atoms with E-state index < -0.39 is 10.0 Å². The number of carbonyl (C=O) groups is 1. The number of sulfonamides is 1. The molecule has 1 aromatic carbocycles. The number of hydrogen-bond donors (Lipinski definition) is 0. The minimum Gasteiger partial charge on any atom is -0.342 e. The molecule has 1 aliphatic heterocycles. The predicted molar refractivity (Wildman–Crippen MR) is 100 cm³/mol. The van der Waals surface area contributed by atoms with Gasteiger partial charge in [0.25, 0.3) is 5.91 Å². The quantitative estimate of drug-likeness (QED) is 0.742. The lowest BCUT2D eigenvalue weighted by Gasteiger charge is -2.34. The van der Waals surface area contributed by atoms with Crippen LogP contribution in [0.4, 0.5) is 0 Å². The Morgan fingerprint density at radius 2 is 2.04 bits per heavy atom. The predicted octanol–water partition coefficient (Wildman–Crippen LogP) is 3.51. The van der Waals surface area contributed by atoms with Crippen LogP contribution < -0.4 is 0 Å². The molecule has 25 heavy (non-hydrogen) atoms. The molecule has 2 rings (SSSR count). The summed E-state index contributed by atoms with van der Waals surface area (Å²) in [6.07, 6.45) is 5.65. The van der Waals surface area contributed by atoms with Crippen molar-refractivity contribution in [1.29, 1.82) is 0 Å². The molecule has 0 radical (unpaired) electrons. The van der Waals surface area contributed by atoms with Gasteiger partial charge in [-0.2, -0.15) is 4.31 Å². The average molecular weight is 367 g/mol. The van der Waals surface area contributed by atoms with E-state index in [1.54, 1.807) is 34.5 Å². The normalized spacial score (nSPS) is 18.9. The summed E-state index contributed by atoms with van der Waals surface area (Å²) in [7, 11) is -1.80. The topological polar surface area (TPSA) is 57.7 Å². The van der Waals surface area contributed by atoms with Crippen molar-refractivity contribution in [3.8, 4) is 0 Å². The number of hydrogen-bond acceptors (Lipinski definition) is 3. The third kappa shape index (κ3) is 4.61. The molecule has 0 N–H and O–H groups in total. The van der Waals surface area contributed by atoms with Gasteiger partial charge in [0, 0.05) is 31.7 Å². The molecule has 6 heteroatoms. The van der Waals surface area contributed by atoms with E-state index in [2.05, 4.69) is 6.92 Å². The van der Waals surface area contributed by atoms with Crippen molar-refractivity contribution in [3.63, 3.8) is 0 Å². The summed E-state index contributed by atoms with van der Waals surface area (Å²) < 4.78 is 27.8. The SMILES string of the molecule is CCCCN(C)C(=O)c1cccc(S(=O)(=O)N2CCCCC2CC)c1. The van der Waals surface area contributed by atoms with Gasteiger partial charge < -0.3 is 4.90 Å². The summed E-state index contributed by atoms with van der Waals surface area (Å²) in [6.45, 7) is 5.35. The Morgan fingerprint density at radius 3 is 2.72 bits per heavy atom. The van der Waals surface area contributed by atoms with E-state index >= 15 is 0 Å². The lowest BCUT2D eigenvalue weighted by atomic mass is 10.0. The summed E-state index contributed by atoms with van der Waals surface area (Å²) in [5.41, 5.74) is 0.435. The maximum absolute atomic E-state index is 13.1. The Morgan fingerprint density at radius 1 is 1.28 bits per heavy atom. The van der Waals surface area contributed by atoms with Gasteiger partial charge in [0.2, 0.25) is 10.0 Å². The first-order valence-electron chi connectivity index (χ1n) is 9.29. The van der Waals surface area contributed by atoms with Gasteiger partial charge in [-0.3, -0.25) is 4.79 Å². The summed E-state index contributed by atoms with van der Waals surface area (Å²) >= 11 is 0. The molecule has 1 fully saturated rings. The molecule has 1 aliphatic rings. The van der Waals surface area contributed by atoms with Crippen LogP contribution in [0.2, 0.25) is 0 Å². The zero-order valence-corrected chi connectivity index (χ0v) is 16.4. The molecule has 1 amide bonds. The second kappa shape index (κ2) is 8.81. The highest BCUT2D eigenvalue weighted by molar-refractivity contribution is 7.89. The monoisotopic (exact) mass is 366 g/mol. The molecule has 5 nitrogen and oxygen atoms in total. The van der Waals surface area contributed by atoms with Gasteiger partial charge in [-0.05, 0) is 43.9 Å². The van der Waals surface area contributed by atoms with E-state index in [0.29, 0.717) is 18.7 Å². The average Bonchev–Trinajstić information content (AvgIpc) is 2.65. The van der Waals surface area contributed by atoms with E-state index in [4.69, 9.17) is 0 Å². The van der Waals surface area contributed by atoms with Crippen LogP contribution in [0.15, 0.2) is 29.2 Å². The maximum atomic E-state index is 13.1. The van der Waals surface area contributed by atoms with Crippen LogP contribution in [0.3, 0.4) is 0 Å². The van der Waals surface area contributed by atoms with Crippen LogP contribution in [-0.2, 0) is 10.0 Å². The fourth-order valence-corrected chi connectivity index (χ4v) is 5.15. The van der Waals surface area contributed by atoms with Crippen LogP contribution in [0, 0.1) is 0 Å². The fraction of sp³-hybridized carbons (Fsp3) is 0.632. The van der Waals surface area contributed by atoms with Crippen molar-refractivity contribution < 1.29 is 13.2 Å². The van der Waals surface area contributed by atoms with Crippen LogP contribution in [0.1, 0.15) is 62.7 Å². The van der Waals surface area contributed by atoms with Crippen LogP contribution in [-0.4, -0.2) is 49.7 Å². The van der Waals surface area contributed by atoms with Gasteiger partial charge in [0.05, 0.1) is 4.90 Å². The van der Waals surface area contributed by atoms with E-state index in [0.717, 1.165) is 38.5 Å². The smallest absolute Gasteiger partial charge is 0.253 e. The number of carbonyl (C=O) groups excluding carboxylic acids is 1. The molecule has 0 bridgehead atoms. The standard InChI is InChI=1S/C19H30N2O3S/c1-4-6-13-20(3)19(22)16-10-9-12-18(15-16)25(23,24)21-14-8-7-11-17(21)5-2/h9-10,12,15,17H,4-8,11,13-14H2,1-3H3. The molecule has 1 atom stereocenters. The molecular weight excluding hydrogens is 336 g/mol. The second-order valence-corrected chi connectivity index (χ2v) is 8.67. The van der Waals surface area contributed by atoms with Crippen molar-refractivity contribution in [2.45, 2.75) is 63.3 Å². The summed E-state index contributed by atoms with van der Waals surface area (Å²) in [6, 6.07) is 6.54. The van der Waals surface area contributed by atoms with Gasteiger partial charge in [-0.1, -0.05) is 32.8 Å². The highest BCUT2D eigenvalue weighted by Crippen LogP contribution is 2.27. The van der Waals surface area contributed by atoms with Gasteiger partial charge in [-0.25, -0.2) is 8.42 Å². The van der Waals surface area contributed by atoms with Crippen LogP contribution in [0.25, 0.3) is 0 Å². The van der Waals surface area contributed by atoms with Gasteiger partial charge in [-0.15, -0.1) is 0 Å². The summed E-state index contributed by atoms with van der Waals surface area (Å²) in [4.78, 5) is 14.4. The fourth-order valence-electron chi connectivity index (χ4n) is 3.34. The molecule has 140 valence electrons. The third-order valence-corrected chi connectivity index (χ3v) is 6.87. The molecule has 0 spiro atoms. The van der Waals surface area contributed by atoms with Gasteiger partial charge in [0.1, 0.15) is 0 Å². The molecule has 1 aromatic rings. The number of benzene rings is 1. The largest absolute Gasteiger partial charge is 0.342 e. The molecule has 0 saturated carbocycles. The van der Waals surface area contributed by atoms with E-state index in [1.165, 1.54) is 6.07 Å². The Labute approximate surface area is 152 Å². The number of unbranched alkanes of at least 4 members (excludes halogenated alkanes) is 1. The highest BCUT2D eigenvalue weighted by Gasteiger charge is 2.32. The first kappa shape index (κ1) is 19.9. The minimum absolute atomic E-state index is 0.0605. The van der Waals surface area contributed by atoms with Crippen molar-refractivity contribution in [2.24, 2.45) is 0 Å². The minimum atomic E-state index is -3.56. The Bertz CT molecular complexity index is 688. The molecule has 0 aliphatic carbocycles. The number of nitrogens with zero attached hydrogens (tertiary/aromatic N) is 2. The van der Waals surface area contributed by atoms with Crippen LogP contribution >= 0.6 is 0 Å². The van der Waals surface area contributed by atoms with Crippen molar-refractivity contribution in [2.75, 3.05) is 20.1 Å². The summed E-state index contributed by atoms with van der Waals surface area (Å²) in [5, 5.41) is 0. The molecular formula is C19H30N2O3S. The highest BCUT2D eigenvalue weighted by atomic mass is 32.2. The number of piperidine rings is 1. The van der Waals surface area contributed by atoms with Gasteiger partial charge >= 0.3 is 0 Å². The Balaban J connectivity index is 2.26. The third-order valence-electron chi connectivity index (χ3n) is 4.93. The number of amides is 1. The molecule has 1 heterocycles. The Hall–Kier alpha value is -1.40. The van der Waals surface area contributed by atoms with Crippen molar-refractivity contribution >= 4 is 15.9 Å². The lowest BCUT2D eigenvalue weighted by molar-refractivity contribution is 0.0793. The zero-order chi connectivity index (χ0) is 18.4. The van der Waals surface area contributed by atoms with E-state index in [1.807, 2.05) is 6.92 Å². The van der Waals surface area contributed by atoms with E-state index in [9.17, 15) is 13.2 Å². The van der Waals surface area contributed by atoms with Crippen molar-refractivity contribution in [3.05, 3.63) is 29.8 Å². The maximum Gasteiger partial charge on any atom is 0.253 e. The van der Waals surface area contributed by atoms with Crippen LogP contribution in [0.5, 0.6) is 0 Å². The molecule has 1 saturated heterocycles. The zero-order valence-electron chi connectivity index (χ0n) is 15.6. The van der Waals surface area contributed by atoms with Gasteiger partial charge in [0.15, 0.2) is 0 Å². The van der Waals surface area contributed by atoms with E-state index in [-0.39, 0.29) is 16.8 Å². The lowest BCUT2D eigenvalue weighted by Crippen LogP contribution is -2.43. The molecule has 1 unspecified atom stereocenters. The Kier molecular flexibility index (Phi) is 7.02. The number of rotatable bonds is 7. The summed E-state index contributed by atoms with van der Waals surface area (Å²) in [5.74, 6) is -0.129. The first-order chi connectivity index (χ1) is 11.9. The molecule has 0 aromatic heterocycles.